The lowest BCUT2D eigenvalue weighted by Gasteiger charge is -2.05. The van der Waals surface area contributed by atoms with Crippen LogP contribution in [0.5, 0.6) is 0 Å². The fourth-order valence-corrected chi connectivity index (χ4v) is 2.23. The Labute approximate surface area is 122 Å². The van der Waals surface area contributed by atoms with Gasteiger partial charge in [0.15, 0.2) is 0 Å². The lowest BCUT2D eigenvalue weighted by atomic mass is 10.1. The maximum absolute atomic E-state index is 11.3. The molecule has 9 heteroatoms. The van der Waals surface area contributed by atoms with E-state index in [1.807, 2.05) is 6.07 Å². The summed E-state index contributed by atoms with van der Waals surface area (Å²) in [5.74, 6) is 0. The fourth-order valence-electron chi connectivity index (χ4n) is 1.73. The van der Waals surface area contributed by atoms with Gasteiger partial charge < -0.3 is 9.97 Å². The largest absolute Gasteiger partial charge is 0.692 e. The smallest absolute Gasteiger partial charge is 0.316 e. The van der Waals surface area contributed by atoms with E-state index in [1.54, 1.807) is 6.07 Å². The lowest BCUT2D eigenvalue weighted by Crippen LogP contribution is -2.29. The molecular formula is C11H13BrN2O5P+. The van der Waals surface area contributed by atoms with Gasteiger partial charge in [0.05, 0.1) is 11.0 Å². The van der Waals surface area contributed by atoms with Gasteiger partial charge in [0.1, 0.15) is 0 Å². The summed E-state index contributed by atoms with van der Waals surface area (Å²) in [6, 6.07) is 3.74. The Hall–Kier alpha value is -1.34. The van der Waals surface area contributed by atoms with Crippen molar-refractivity contribution in [2.45, 2.75) is 19.8 Å². The summed E-state index contributed by atoms with van der Waals surface area (Å²) in [6.07, 6.45) is 1.84. The number of hydrogen-bond acceptors (Lipinski definition) is 3. The topological polar surface area (TPSA) is 123 Å². The number of hydrogen-bond donors (Lipinski definition) is 4. The first-order chi connectivity index (χ1) is 9.35. The van der Waals surface area contributed by atoms with Gasteiger partial charge in [0, 0.05) is 9.04 Å². The molecule has 2 rings (SSSR count). The van der Waals surface area contributed by atoms with Crippen molar-refractivity contribution in [2.75, 3.05) is 0 Å². The third kappa shape index (κ3) is 4.64. The Kier molecular flexibility index (Phi) is 6.22. The molecule has 0 atom stereocenters. The number of nitrogens with one attached hydrogen (secondary N) is 2. The van der Waals surface area contributed by atoms with Gasteiger partial charge in [-0.3, -0.25) is 9.59 Å². The summed E-state index contributed by atoms with van der Waals surface area (Å²) < 4.78 is 9.60. The van der Waals surface area contributed by atoms with E-state index in [2.05, 4.69) is 32.8 Å². The first-order valence-electron chi connectivity index (χ1n) is 5.65. The summed E-state index contributed by atoms with van der Waals surface area (Å²) in [7, 11) is -2.87. The maximum Gasteiger partial charge on any atom is 0.692 e. The van der Waals surface area contributed by atoms with Crippen LogP contribution in [0.2, 0.25) is 0 Å². The molecule has 0 aliphatic carbocycles. The highest BCUT2D eigenvalue weighted by atomic mass is 79.9. The minimum Gasteiger partial charge on any atom is -0.316 e. The molecule has 1 heterocycles. The average Bonchev–Trinajstić information content (AvgIpc) is 2.31. The first-order valence-corrected chi connectivity index (χ1v) is 7.60. The number of aromatic amines is 2. The first kappa shape index (κ1) is 16.7. The zero-order valence-corrected chi connectivity index (χ0v) is 13.0. The Morgan fingerprint density at radius 1 is 1.20 bits per heavy atom. The van der Waals surface area contributed by atoms with Crippen LogP contribution >= 0.6 is 24.2 Å². The van der Waals surface area contributed by atoms with Gasteiger partial charge in [0.2, 0.25) is 0 Å². The van der Waals surface area contributed by atoms with Crippen molar-refractivity contribution < 1.29 is 14.4 Å². The monoisotopic (exact) mass is 363 g/mol. The van der Waals surface area contributed by atoms with Crippen LogP contribution in [0.3, 0.4) is 0 Å². The fraction of sp³-hybridized carbons (Fsp3) is 0.273. The summed E-state index contributed by atoms with van der Waals surface area (Å²) in [5, 5.41) is 0. The van der Waals surface area contributed by atoms with Crippen LogP contribution in [0, 0.1) is 0 Å². The molecule has 0 fully saturated rings. The van der Waals surface area contributed by atoms with Crippen molar-refractivity contribution >= 4 is 35.2 Å². The van der Waals surface area contributed by atoms with Crippen LogP contribution in [0.25, 0.3) is 11.0 Å². The van der Waals surface area contributed by atoms with Crippen LogP contribution in [0.4, 0.5) is 0 Å². The molecule has 0 saturated heterocycles. The highest BCUT2D eigenvalue weighted by molar-refractivity contribution is 9.10. The summed E-state index contributed by atoms with van der Waals surface area (Å²) in [4.78, 5) is 41.9. The third-order valence-electron chi connectivity index (χ3n) is 2.40. The van der Waals surface area contributed by atoms with E-state index in [9.17, 15) is 9.59 Å². The second-order valence-corrected chi connectivity index (χ2v) is 5.32. The molecule has 0 aliphatic heterocycles. The number of rotatable bonds is 2. The highest BCUT2D eigenvalue weighted by Crippen LogP contribution is 2.21. The number of fused-ring (bicyclic) bond motifs is 1. The molecule has 108 valence electrons. The summed E-state index contributed by atoms with van der Waals surface area (Å²) >= 11 is 3.38. The van der Waals surface area contributed by atoms with Gasteiger partial charge in [-0.05, 0) is 24.1 Å². The van der Waals surface area contributed by atoms with E-state index in [4.69, 9.17) is 14.4 Å². The Morgan fingerprint density at radius 3 is 2.30 bits per heavy atom. The minimum atomic E-state index is -2.87. The molecule has 0 aliphatic rings. The quantitative estimate of drug-likeness (QED) is 0.476. The van der Waals surface area contributed by atoms with E-state index in [-0.39, 0.29) is 0 Å². The molecule has 20 heavy (non-hydrogen) atoms. The standard InChI is InChI=1S/C11H11BrN2O2.HO3P/c1-2-3-6-4-7(12)5-8-9(6)14-11(16)10(15)13-8;1-4(2)3/h4-5H,2-3H2,1H3,(H,13,15)(H,14,16);(H-,1,2,3)/p+1. The molecule has 0 radical (unpaired) electrons. The van der Waals surface area contributed by atoms with E-state index in [0.717, 1.165) is 28.4 Å². The van der Waals surface area contributed by atoms with Crippen LogP contribution < -0.4 is 11.1 Å². The summed E-state index contributed by atoms with van der Waals surface area (Å²) in [5.41, 5.74) is 1.18. The number of aromatic nitrogens is 2. The Morgan fingerprint density at radius 2 is 1.75 bits per heavy atom. The summed E-state index contributed by atoms with van der Waals surface area (Å²) in [6.45, 7) is 2.07. The van der Waals surface area contributed by atoms with Crippen LogP contribution in [0.1, 0.15) is 18.9 Å². The lowest BCUT2D eigenvalue weighted by molar-refractivity contribution is 0.405. The number of aryl methyl sites for hydroxylation is 1. The Bertz CT molecular complexity index is 736. The second kappa shape index (κ2) is 7.44. The van der Waals surface area contributed by atoms with Crippen molar-refractivity contribution in [3.63, 3.8) is 0 Å². The molecule has 0 bridgehead atoms. The van der Waals surface area contributed by atoms with Gasteiger partial charge in [-0.15, -0.1) is 9.79 Å². The van der Waals surface area contributed by atoms with E-state index < -0.39 is 19.4 Å². The van der Waals surface area contributed by atoms with Crippen LogP contribution in [0.15, 0.2) is 26.2 Å². The predicted octanol–water partition coefficient (Wildman–Crippen LogP) is 1.56. The molecule has 0 unspecified atom stereocenters. The van der Waals surface area contributed by atoms with E-state index in [1.165, 1.54) is 0 Å². The Balaban J connectivity index is 0.000000444. The molecule has 1 aromatic carbocycles. The third-order valence-corrected chi connectivity index (χ3v) is 2.85. The predicted molar refractivity (Wildman–Crippen MR) is 78.9 cm³/mol. The van der Waals surface area contributed by atoms with Gasteiger partial charge >= 0.3 is 19.4 Å². The zero-order chi connectivity index (χ0) is 15.3. The van der Waals surface area contributed by atoms with Gasteiger partial charge in [0.25, 0.3) is 0 Å². The van der Waals surface area contributed by atoms with Gasteiger partial charge in [-0.1, -0.05) is 29.3 Å². The number of H-pyrrole nitrogens is 2. The second-order valence-electron chi connectivity index (χ2n) is 3.90. The van der Waals surface area contributed by atoms with Gasteiger partial charge in [-0.2, -0.15) is 0 Å². The molecule has 1 aromatic heterocycles. The van der Waals surface area contributed by atoms with Crippen molar-refractivity contribution in [3.8, 4) is 0 Å². The normalized spacial score (nSPS) is 10.0. The van der Waals surface area contributed by atoms with Crippen molar-refractivity contribution in [2.24, 2.45) is 0 Å². The van der Waals surface area contributed by atoms with E-state index >= 15 is 0 Å². The van der Waals surface area contributed by atoms with Crippen molar-refractivity contribution in [1.29, 1.82) is 0 Å². The van der Waals surface area contributed by atoms with Crippen LogP contribution in [-0.4, -0.2) is 19.8 Å². The number of benzene rings is 1. The molecule has 2 aromatic rings. The van der Waals surface area contributed by atoms with Crippen molar-refractivity contribution in [3.05, 3.63) is 42.9 Å². The zero-order valence-electron chi connectivity index (χ0n) is 10.5. The molecule has 0 amide bonds. The molecule has 0 saturated carbocycles. The van der Waals surface area contributed by atoms with Crippen LogP contribution in [-0.2, 0) is 11.0 Å². The average molecular weight is 364 g/mol. The molecule has 0 spiro atoms. The maximum atomic E-state index is 11.3. The SMILES string of the molecule is CCCc1cc(Br)cc2[nH]c(=O)c(=O)[nH]c12.O=[P+](O)O. The molecule has 7 nitrogen and oxygen atoms in total. The minimum absolute atomic E-state index is 0.604. The molecular weight excluding hydrogens is 351 g/mol. The highest BCUT2D eigenvalue weighted by Gasteiger charge is 2.05. The van der Waals surface area contributed by atoms with E-state index in [0.29, 0.717) is 5.52 Å². The molecule has 4 N–H and O–H groups in total. The van der Waals surface area contributed by atoms with Crippen molar-refractivity contribution in [1.82, 2.24) is 9.97 Å². The number of halogens is 1. The van der Waals surface area contributed by atoms with Gasteiger partial charge in [-0.25, -0.2) is 0 Å².